The number of amides is 1. The first kappa shape index (κ1) is 44.5. The van der Waals surface area contributed by atoms with Crippen LogP contribution in [0.15, 0.2) is 79.6 Å². The number of piperidine rings is 2. The highest BCUT2D eigenvalue weighted by Crippen LogP contribution is 2.40. The van der Waals surface area contributed by atoms with Gasteiger partial charge in [0.15, 0.2) is 5.82 Å². The summed E-state index contributed by atoms with van der Waals surface area (Å²) in [5.74, 6) is 7.94. The molecular weight excluding hydrogens is 825 g/mol. The van der Waals surface area contributed by atoms with Gasteiger partial charge in [-0.05, 0) is 92.5 Å². The number of fused-ring (bicyclic) bond motifs is 1. The molecule has 4 aromatic rings. The molecule has 0 radical (unpaired) electrons. The van der Waals surface area contributed by atoms with Crippen molar-refractivity contribution in [3.63, 3.8) is 0 Å². The molecule has 0 saturated carbocycles. The van der Waals surface area contributed by atoms with Crippen molar-refractivity contribution >= 4 is 64.5 Å². The molecule has 4 aliphatic rings. The maximum Gasteiger partial charge on any atom is 0.229 e. The standard InChI is InChI=1S/C50H61ClN9O2P/c1-7-36-31-46(37(8-2)30-44(36)55-50-52-32-42(51)49(56-50)54-43-17-9-10-18-47(43)63(5,6)62)59-24-21-39(22-25-59)58-28-26-57(27-29-58)23-12-11-14-38-15-13-16-40-35(4)60(33-41(38)40)45-19-20-48(61)53-34(45)3/h9-10,13,15-18,30-32,39,45H,3-4,7-8,12,19-29,33H2,1-2,5-6H3,(H,53,61)(H2,52,54,55,56). The fourth-order valence-electron chi connectivity index (χ4n) is 9.64. The molecule has 11 nitrogen and oxygen atoms in total. The minimum Gasteiger partial charge on any atom is -0.371 e. The highest BCUT2D eigenvalue weighted by atomic mass is 35.5. The van der Waals surface area contributed by atoms with E-state index in [9.17, 15) is 9.36 Å². The summed E-state index contributed by atoms with van der Waals surface area (Å²) in [5, 5.41) is 10.9. The van der Waals surface area contributed by atoms with Gasteiger partial charge in [0.25, 0.3) is 0 Å². The van der Waals surface area contributed by atoms with Crippen LogP contribution in [-0.2, 0) is 28.7 Å². The van der Waals surface area contributed by atoms with Gasteiger partial charge in [0.1, 0.15) is 12.2 Å². The summed E-state index contributed by atoms with van der Waals surface area (Å²) in [6, 6.07) is 19.2. The number of rotatable bonds is 12. The Bertz CT molecular complexity index is 2490. The lowest BCUT2D eigenvalue weighted by atomic mass is 9.97. The highest BCUT2D eigenvalue weighted by Gasteiger charge is 2.34. The van der Waals surface area contributed by atoms with Crippen LogP contribution in [-0.4, -0.2) is 102 Å². The number of hydrogen-bond acceptors (Lipinski definition) is 10. The Hall–Kier alpha value is -5.11. The van der Waals surface area contributed by atoms with Crippen LogP contribution >= 0.6 is 18.7 Å². The van der Waals surface area contributed by atoms with Crippen LogP contribution in [0.2, 0.25) is 5.02 Å². The monoisotopic (exact) mass is 885 g/mol. The van der Waals surface area contributed by atoms with Crippen LogP contribution in [0.5, 0.6) is 0 Å². The average molecular weight is 887 g/mol. The number of nitrogens with one attached hydrogen (secondary N) is 3. The molecule has 1 amide bonds. The van der Waals surface area contributed by atoms with E-state index in [0.717, 1.165) is 130 Å². The summed E-state index contributed by atoms with van der Waals surface area (Å²) in [6.45, 7) is 24.6. The zero-order valence-corrected chi connectivity index (χ0v) is 38.9. The van der Waals surface area contributed by atoms with Crippen molar-refractivity contribution < 1.29 is 9.36 Å². The minimum atomic E-state index is -2.53. The molecular formula is C50H61ClN9O2P. The quantitative estimate of drug-likeness (QED) is 0.0946. The number of halogens is 1. The maximum absolute atomic E-state index is 13.0. The Kier molecular flexibility index (Phi) is 13.7. The number of hydrogen-bond donors (Lipinski definition) is 3. The van der Waals surface area contributed by atoms with Gasteiger partial charge >= 0.3 is 0 Å². The predicted octanol–water partition coefficient (Wildman–Crippen LogP) is 8.60. The predicted molar refractivity (Wildman–Crippen MR) is 260 cm³/mol. The lowest BCUT2D eigenvalue weighted by Gasteiger charge is -2.43. The third-order valence-corrected chi connectivity index (χ3v) is 15.0. The molecule has 3 saturated heterocycles. The van der Waals surface area contributed by atoms with Gasteiger partial charge in [-0.2, -0.15) is 4.98 Å². The fraction of sp³-hybridized carbons (Fsp3) is 0.420. The number of carbonyl (C=O) groups excluding carboxylic acids is 1. The van der Waals surface area contributed by atoms with Gasteiger partial charge in [-0.3, -0.25) is 14.6 Å². The topological polar surface area (TPSA) is 109 Å². The van der Waals surface area contributed by atoms with E-state index in [1.54, 1.807) is 19.5 Å². The summed E-state index contributed by atoms with van der Waals surface area (Å²) in [7, 11) is -2.53. The van der Waals surface area contributed by atoms with Gasteiger partial charge in [0, 0.05) is 110 Å². The second kappa shape index (κ2) is 19.3. The van der Waals surface area contributed by atoms with Crippen LogP contribution in [0.25, 0.3) is 5.70 Å². The summed E-state index contributed by atoms with van der Waals surface area (Å²) in [6.07, 6.45) is 7.81. The largest absolute Gasteiger partial charge is 0.371 e. The van der Waals surface area contributed by atoms with Crippen LogP contribution in [0, 0.1) is 11.8 Å². The van der Waals surface area contributed by atoms with Gasteiger partial charge < -0.3 is 30.3 Å². The van der Waals surface area contributed by atoms with Gasteiger partial charge in [0.2, 0.25) is 11.9 Å². The molecule has 1 atom stereocenters. The summed E-state index contributed by atoms with van der Waals surface area (Å²) >= 11 is 6.57. The number of nitrogens with zero attached hydrogens (tertiary/aromatic N) is 6. The van der Waals surface area contributed by atoms with E-state index < -0.39 is 7.14 Å². The van der Waals surface area contributed by atoms with E-state index in [2.05, 4.69) is 110 Å². The second-order valence-electron chi connectivity index (χ2n) is 17.5. The van der Waals surface area contributed by atoms with E-state index in [1.807, 2.05) is 24.3 Å². The smallest absolute Gasteiger partial charge is 0.229 e. The Morgan fingerprint density at radius 1 is 0.921 bits per heavy atom. The Labute approximate surface area is 378 Å². The summed E-state index contributed by atoms with van der Waals surface area (Å²) in [4.78, 5) is 31.3. The molecule has 3 fully saturated rings. The molecule has 0 spiro atoms. The fourth-order valence-corrected chi connectivity index (χ4v) is 10.9. The first-order valence-electron chi connectivity index (χ1n) is 22.5. The molecule has 5 heterocycles. The zero-order chi connectivity index (χ0) is 44.3. The SMILES string of the molecule is C=C1NC(=O)CCC1N1Cc2c(C#CCCN3CCN(C4CCN(c5cc(CC)c(Nc6ncc(Cl)c(Nc7ccccc7P(C)(C)=O)n6)cc5CC)CC4)CC3)cccc2C1=C. The van der Waals surface area contributed by atoms with E-state index in [1.165, 1.54) is 22.4 Å². The Morgan fingerprint density at radius 3 is 2.41 bits per heavy atom. The van der Waals surface area contributed by atoms with E-state index >= 15 is 0 Å². The van der Waals surface area contributed by atoms with Crippen molar-refractivity contribution in [2.75, 3.05) is 74.7 Å². The van der Waals surface area contributed by atoms with Gasteiger partial charge in [-0.15, -0.1) is 0 Å². The van der Waals surface area contributed by atoms with Crippen molar-refractivity contribution in [2.45, 2.75) is 77.4 Å². The third kappa shape index (κ3) is 10.0. The molecule has 3 aromatic carbocycles. The van der Waals surface area contributed by atoms with Crippen molar-refractivity contribution in [3.8, 4) is 11.8 Å². The number of carbonyl (C=O) groups is 1. The number of anilines is 5. The Morgan fingerprint density at radius 2 is 1.68 bits per heavy atom. The number of para-hydroxylation sites is 1. The van der Waals surface area contributed by atoms with Gasteiger partial charge in [-0.25, -0.2) is 4.98 Å². The van der Waals surface area contributed by atoms with Crippen LogP contribution < -0.4 is 26.2 Å². The molecule has 330 valence electrons. The van der Waals surface area contributed by atoms with Crippen molar-refractivity contribution in [3.05, 3.63) is 112 Å². The van der Waals surface area contributed by atoms with Crippen molar-refractivity contribution in [1.29, 1.82) is 0 Å². The van der Waals surface area contributed by atoms with E-state index in [4.69, 9.17) is 16.6 Å². The molecule has 13 heteroatoms. The van der Waals surface area contributed by atoms with Crippen LogP contribution in [0.3, 0.4) is 0 Å². The average Bonchev–Trinajstić information content (AvgIpc) is 3.62. The maximum atomic E-state index is 13.0. The summed E-state index contributed by atoms with van der Waals surface area (Å²) < 4.78 is 13.0. The Balaban J connectivity index is 0.828. The first-order chi connectivity index (χ1) is 30.4. The van der Waals surface area contributed by atoms with Crippen LogP contribution in [0.1, 0.15) is 73.8 Å². The van der Waals surface area contributed by atoms with Crippen molar-refractivity contribution in [1.82, 2.24) is 30.0 Å². The second-order valence-corrected chi connectivity index (χ2v) is 21.1. The van der Waals surface area contributed by atoms with Gasteiger partial charge in [0.05, 0.1) is 17.9 Å². The van der Waals surface area contributed by atoms with E-state index in [0.29, 0.717) is 29.3 Å². The highest BCUT2D eigenvalue weighted by molar-refractivity contribution is 7.70. The number of aromatic nitrogens is 2. The normalized spacial score (nSPS) is 18.8. The molecule has 0 bridgehead atoms. The zero-order valence-electron chi connectivity index (χ0n) is 37.3. The van der Waals surface area contributed by atoms with E-state index in [-0.39, 0.29) is 11.9 Å². The lowest BCUT2D eigenvalue weighted by molar-refractivity contribution is -0.121. The lowest BCUT2D eigenvalue weighted by Crippen LogP contribution is -2.53. The number of aryl methyl sites for hydroxylation is 2. The summed E-state index contributed by atoms with van der Waals surface area (Å²) in [5.41, 5.74) is 10.8. The molecule has 0 aliphatic carbocycles. The molecule has 3 N–H and O–H groups in total. The molecule has 4 aliphatic heterocycles. The number of benzene rings is 3. The molecule has 63 heavy (non-hydrogen) atoms. The minimum absolute atomic E-state index is 0.0425. The molecule has 1 aromatic heterocycles. The van der Waals surface area contributed by atoms with Crippen LogP contribution in [0.4, 0.5) is 28.8 Å². The number of piperazine rings is 1. The molecule has 8 rings (SSSR count). The first-order valence-corrected chi connectivity index (χ1v) is 25.5. The third-order valence-electron chi connectivity index (χ3n) is 13.2. The molecule has 1 unspecified atom stereocenters. The van der Waals surface area contributed by atoms with Gasteiger partial charge in [-0.1, -0.05) is 74.7 Å². The van der Waals surface area contributed by atoms with Crippen molar-refractivity contribution in [2.24, 2.45) is 0 Å².